The Labute approximate surface area is 104 Å². The summed E-state index contributed by atoms with van der Waals surface area (Å²) in [6, 6.07) is 8.70. The number of hydrogen-bond donors (Lipinski definition) is 0. The number of benzene rings is 1. The van der Waals surface area contributed by atoms with Gasteiger partial charge < -0.3 is 0 Å². The van der Waals surface area contributed by atoms with E-state index >= 15 is 0 Å². The Balaban J connectivity index is 2.49. The molecule has 1 heteroatoms. The van der Waals surface area contributed by atoms with Gasteiger partial charge in [-0.2, -0.15) is 0 Å². The fourth-order valence-corrected chi connectivity index (χ4v) is 2.32. The van der Waals surface area contributed by atoms with Crippen molar-refractivity contribution in [3.8, 4) is 11.1 Å². The molecule has 0 fully saturated rings. The van der Waals surface area contributed by atoms with Crippen LogP contribution in [0.3, 0.4) is 0 Å². The number of hydrogen-bond acceptors (Lipinski definition) is 1. The van der Waals surface area contributed by atoms with E-state index in [-0.39, 0.29) is 0 Å². The lowest BCUT2D eigenvalue weighted by Gasteiger charge is -2.10. The van der Waals surface area contributed by atoms with Gasteiger partial charge in [0.15, 0.2) is 0 Å². The Hall–Kier alpha value is -1.63. The molecule has 2 rings (SSSR count). The average molecular weight is 225 g/mol. The first-order valence-corrected chi connectivity index (χ1v) is 6.23. The third-order valence-corrected chi connectivity index (χ3v) is 3.10. The summed E-state index contributed by atoms with van der Waals surface area (Å²) in [5.74, 6) is 0. The zero-order valence-corrected chi connectivity index (χ0v) is 10.8. The van der Waals surface area contributed by atoms with Crippen molar-refractivity contribution in [2.45, 2.75) is 33.6 Å². The Morgan fingerprint density at radius 3 is 2.41 bits per heavy atom. The predicted octanol–water partition coefficient (Wildman–Crippen LogP) is 4.32. The van der Waals surface area contributed by atoms with Crippen LogP contribution in [0.2, 0.25) is 0 Å². The Morgan fingerprint density at radius 1 is 1.06 bits per heavy atom. The molecule has 0 saturated heterocycles. The van der Waals surface area contributed by atoms with Crippen molar-refractivity contribution in [1.82, 2.24) is 4.98 Å². The Bertz CT molecular complexity index is 494. The molecule has 0 bridgehead atoms. The molecule has 2 aromatic rings. The molecule has 0 spiro atoms. The summed E-state index contributed by atoms with van der Waals surface area (Å²) >= 11 is 0. The summed E-state index contributed by atoms with van der Waals surface area (Å²) in [5.41, 5.74) is 6.54. The van der Waals surface area contributed by atoms with Gasteiger partial charge in [-0.15, -0.1) is 0 Å². The van der Waals surface area contributed by atoms with Crippen molar-refractivity contribution in [2.24, 2.45) is 0 Å². The molecular formula is C16H19N. The summed E-state index contributed by atoms with van der Waals surface area (Å²) in [6.07, 6.45) is 6.21. The zero-order chi connectivity index (χ0) is 12.3. The molecule has 0 aliphatic heterocycles. The van der Waals surface area contributed by atoms with E-state index in [4.69, 9.17) is 0 Å². The normalized spacial score (nSPS) is 10.5. The van der Waals surface area contributed by atoms with Crippen LogP contribution in [0.25, 0.3) is 11.1 Å². The van der Waals surface area contributed by atoms with Crippen LogP contribution < -0.4 is 0 Å². The van der Waals surface area contributed by atoms with Gasteiger partial charge in [-0.1, -0.05) is 31.5 Å². The number of nitrogens with zero attached hydrogens (tertiary/aromatic N) is 1. The topological polar surface area (TPSA) is 12.9 Å². The maximum atomic E-state index is 4.36. The number of pyridine rings is 1. The molecule has 0 unspecified atom stereocenters. The number of aromatic nitrogens is 1. The van der Waals surface area contributed by atoms with Crippen LogP contribution in [-0.4, -0.2) is 4.98 Å². The third kappa shape index (κ3) is 2.55. The van der Waals surface area contributed by atoms with E-state index in [2.05, 4.69) is 50.0 Å². The zero-order valence-electron chi connectivity index (χ0n) is 10.8. The standard InChI is InChI=1S/C16H19N/c1-4-6-14-9-15(11-17-10-14)16-12(2)7-5-8-13(16)3/h5,7-11H,4,6H2,1-3H3. The molecule has 0 N–H and O–H groups in total. The van der Waals surface area contributed by atoms with Crippen LogP contribution in [-0.2, 0) is 6.42 Å². The molecule has 88 valence electrons. The lowest BCUT2D eigenvalue weighted by Crippen LogP contribution is -1.91. The van der Waals surface area contributed by atoms with Crippen LogP contribution in [0.4, 0.5) is 0 Å². The van der Waals surface area contributed by atoms with E-state index in [1.165, 1.54) is 27.8 Å². The molecular weight excluding hydrogens is 206 g/mol. The van der Waals surface area contributed by atoms with E-state index in [0.717, 1.165) is 12.8 Å². The van der Waals surface area contributed by atoms with E-state index in [9.17, 15) is 0 Å². The van der Waals surface area contributed by atoms with E-state index < -0.39 is 0 Å². The summed E-state index contributed by atoms with van der Waals surface area (Å²) in [5, 5.41) is 0. The smallest absolute Gasteiger partial charge is 0.0346 e. The van der Waals surface area contributed by atoms with Gasteiger partial charge in [0, 0.05) is 18.0 Å². The second-order valence-electron chi connectivity index (χ2n) is 4.60. The van der Waals surface area contributed by atoms with Crippen LogP contribution in [0, 0.1) is 13.8 Å². The minimum atomic E-state index is 1.10. The summed E-state index contributed by atoms with van der Waals surface area (Å²) < 4.78 is 0. The van der Waals surface area contributed by atoms with Crippen LogP contribution >= 0.6 is 0 Å². The minimum Gasteiger partial charge on any atom is -0.264 e. The first-order chi connectivity index (χ1) is 8.22. The van der Waals surface area contributed by atoms with Gasteiger partial charge in [-0.25, -0.2) is 0 Å². The molecule has 0 amide bonds. The van der Waals surface area contributed by atoms with Gasteiger partial charge in [-0.3, -0.25) is 4.98 Å². The highest BCUT2D eigenvalue weighted by atomic mass is 14.6. The van der Waals surface area contributed by atoms with Gasteiger partial charge in [-0.05, 0) is 48.6 Å². The highest BCUT2D eigenvalue weighted by Gasteiger charge is 2.06. The van der Waals surface area contributed by atoms with Crippen molar-refractivity contribution in [1.29, 1.82) is 0 Å². The van der Waals surface area contributed by atoms with Crippen LogP contribution in [0.5, 0.6) is 0 Å². The van der Waals surface area contributed by atoms with E-state index in [0.29, 0.717) is 0 Å². The van der Waals surface area contributed by atoms with E-state index in [1.807, 2.05) is 12.4 Å². The van der Waals surface area contributed by atoms with Crippen molar-refractivity contribution >= 4 is 0 Å². The molecule has 0 aliphatic rings. The largest absolute Gasteiger partial charge is 0.264 e. The molecule has 0 aliphatic carbocycles. The van der Waals surface area contributed by atoms with Crippen LogP contribution in [0.15, 0.2) is 36.7 Å². The average Bonchev–Trinajstić information content (AvgIpc) is 2.30. The lowest BCUT2D eigenvalue weighted by molar-refractivity contribution is 0.914. The van der Waals surface area contributed by atoms with Crippen LogP contribution in [0.1, 0.15) is 30.0 Å². The molecule has 0 radical (unpaired) electrons. The minimum absolute atomic E-state index is 1.10. The first-order valence-electron chi connectivity index (χ1n) is 6.23. The second-order valence-corrected chi connectivity index (χ2v) is 4.60. The van der Waals surface area contributed by atoms with Gasteiger partial charge in [0.05, 0.1) is 0 Å². The SMILES string of the molecule is CCCc1cncc(-c2c(C)cccc2C)c1. The third-order valence-electron chi connectivity index (χ3n) is 3.10. The lowest BCUT2D eigenvalue weighted by atomic mass is 9.96. The summed E-state index contributed by atoms with van der Waals surface area (Å²) in [6.45, 7) is 6.52. The van der Waals surface area contributed by atoms with Crippen molar-refractivity contribution in [3.05, 3.63) is 53.3 Å². The quantitative estimate of drug-likeness (QED) is 0.758. The molecule has 17 heavy (non-hydrogen) atoms. The van der Waals surface area contributed by atoms with Crippen molar-refractivity contribution in [2.75, 3.05) is 0 Å². The monoisotopic (exact) mass is 225 g/mol. The molecule has 1 nitrogen and oxygen atoms in total. The van der Waals surface area contributed by atoms with Crippen molar-refractivity contribution < 1.29 is 0 Å². The molecule has 0 atom stereocenters. The van der Waals surface area contributed by atoms with Gasteiger partial charge in [0.1, 0.15) is 0 Å². The highest BCUT2D eigenvalue weighted by Crippen LogP contribution is 2.27. The van der Waals surface area contributed by atoms with Crippen molar-refractivity contribution in [3.63, 3.8) is 0 Å². The Kier molecular flexibility index (Phi) is 3.58. The second kappa shape index (κ2) is 5.13. The highest BCUT2D eigenvalue weighted by molar-refractivity contribution is 5.70. The van der Waals surface area contributed by atoms with Gasteiger partial charge in [0.25, 0.3) is 0 Å². The number of rotatable bonds is 3. The fourth-order valence-electron chi connectivity index (χ4n) is 2.32. The first kappa shape index (κ1) is 11.8. The maximum Gasteiger partial charge on any atom is 0.0346 e. The number of aryl methyl sites for hydroxylation is 3. The van der Waals surface area contributed by atoms with E-state index in [1.54, 1.807) is 0 Å². The van der Waals surface area contributed by atoms with Gasteiger partial charge in [0.2, 0.25) is 0 Å². The molecule has 0 saturated carbocycles. The molecule has 1 aromatic carbocycles. The summed E-state index contributed by atoms with van der Waals surface area (Å²) in [4.78, 5) is 4.36. The summed E-state index contributed by atoms with van der Waals surface area (Å²) in [7, 11) is 0. The molecule has 1 heterocycles. The Morgan fingerprint density at radius 2 is 1.76 bits per heavy atom. The molecule has 1 aromatic heterocycles. The maximum absolute atomic E-state index is 4.36. The fraction of sp³-hybridized carbons (Fsp3) is 0.312. The predicted molar refractivity (Wildman–Crippen MR) is 73.1 cm³/mol. The van der Waals surface area contributed by atoms with Gasteiger partial charge >= 0.3 is 0 Å².